The summed E-state index contributed by atoms with van der Waals surface area (Å²) in [5.74, 6) is 0.371. The van der Waals surface area contributed by atoms with Gasteiger partial charge in [0.1, 0.15) is 0 Å². The van der Waals surface area contributed by atoms with Gasteiger partial charge in [0.15, 0.2) is 0 Å². The first-order valence-electron chi connectivity index (χ1n) is 10.8. The molecule has 2 aliphatic heterocycles. The van der Waals surface area contributed by atoms with Crippen molar-refractivity contribution in [2.24, 2.45) is 17.8 Å². The van der Waals surface area contributed by atoms with Gasteiger partial charge in [-0.15, -0.1) is 0 Å². The first-order valence-corrected chi connectivity index (χ1v) is 10.8. The Bertz CT molecular complexity index is 768. The predicted molar refractivity (Wildman–Crippen MR) is 106 cm³/mol. The number of halogens is 6. The van der Waals surface area contributed by atoms with Gasteiger partial charge in [-0.05, 0) is 36.7 Å². The van der Waals surface area contributed by atoms with Crippen molar-refractivity contribution < 1.29 is 35.9 Å². The molecule has 180 valence electrons. The molecule has 0 radical (unpaired) electrons. The molecule has 2 saturated heterocycles. The Morgan fingerprint density at radius 1 is 1.03 bits per heavy atom. The second kappa shape index (κ2) is 9.59. The Morgan fingerprint density at radius 2 is 1.56 bits per heavy atom. The highest BCUT2D eigenvalue weighted by Gasteiger charge is 2.57. The van der Waals surface area contributed by atoms with E-state index in [9.17, 15) is 31.1 Å². The number of nitrogens with one attached hydrogen (secondary N) is 1. The highest BCUT2D eigenvalue weighted by Crippen LogP contribution is 2.49. The lowest BCUT2D eigenvalue weighted by atomic mass is 10.0. The molecule has 3 aliphatic rings. The summed E-state index contributed by atoms with van der Waals surface area (Å²) < 4.78 is 83.0. The van der Waals surface area contributed by atoms with Crippen molar-refractivity contribution in [1.82, 2.24) is 10.2 Å². The van der Waals surface area contributed by atoms with Crippen molar-refractivity contribution in [3.8, 4) is 0 Å². The van der Waals surface area contributed by atoms with E-state index in [2.05, 4.69) is 24.1 Å². The zero-order valence-corrected chi connectivity index (χ0v) is 18.0. The summed E-state index contributed by atoms with van der Waals surface area (Å²) in [6, 6.07) is 1.79. The second-order valence-corrected chi connectivity index (χ2v) is 8.68. The standard InChI is InChI=1S/C19H20F6N2O2.C3H8/c20-18(21,22)12-3-10(4-13(5-12)19(23,24)25)6-26-17(28)11-1-2-27(7-11)16-14-8-29-9-15(14)16;1-3-2/h3-5,11,14-16H,1-2,6-9H2,(H,26,28);3H2,1-2H3. The molecule has 1 aromatic rings. The number of benzene rings is 1. The van der Waals surface area contributed by atoms with E-state index in [0.29, 0.717) is 43.0 Å². The minimum atomic E-state index is -4.90. The van der Waals surface area contributed by atoms with Gasteiger partial charge in [0.05, 0.1) is 30.3 Å². The zero-order valence-electron chi connectivity index (χ0n) is 18.0. The van der Waals surface area contributed by atoms with Crippen LogP contribution >= 0.6 is 0 Å². The fourth-order valence-electron chi connectivity index (χ4n) is 4.48. The van der Waals surface area contributed by atoms with Gasteiger partial charge in [-0.1, -0.05) is 20.3 Å². The largest absolute Gasteiger partial charge is 0.416 e. The fraction of sp³-hybridized carbons (Fsp3) is 0.682. The number of fused-ring (bicyclic) bond motifs is 1. The summed E-state index contributed by atoms with van der Waals surface area (Å²) in [5, 5.41) is 2.50. The summed E-state index contributed by atoms with van der Waals surface area (Å²) >= 11 is 0. The number of hydrogen-bond donors (Lipinski definition) is 1. The van der Waals surface area contributed by atoms with E-state index in [0.717, 1.165) is 19.8 Å². The van der Waals surface area contributed by atoms with Crippen LogP contribution in [-0.2, 0) is 28.4 Å². The maximum Gasteiger partial charge on any atom is 0.416 e. The third-order valence-corrected chi connectivity index (χ3v) is 6.03. The van der Waals surface area contributed by atoms with Crippen LogP contribution in [0.2, 0.25) is 0 Å². The molecule has 3 atom stereocenters. The first kappa shape index (κ1) is 24.8. The molecule has 0 spiro atoms. The quantitative estimate of drug-likeness (QED) is 0.653. The number of likely N-dealkylation sites (tertiary alicyclic amines) is 1. The first-order chi connectivity index (χ1) is 15.0. The minimum absolute atomic E-state index is 0.0798. The Kier molecular flexibility index (Phi) is 7.44. The van der Waals surface area contributed by atoms with Crippen molar-refractivity contribution in [3.63, 3.8) is 0 Å². The number of ether oxygens (including phenoxy) is 1. The number of carbonyl (C=O) groups excluding carboxylic acids is 1. The summed E-state index contributed by atoms with van der Waals surface area (Å²) in [6.07, 6.45) is -7.94. The number of nitrogens with zero attached hydrogens (tertiary/aromatic N) is 1. The molecule has 3 fully saturated rings. The van der Waals surface area contributed by atoms with E-state index >= 15 is 0 Å². The van der Waals surface area contributed by atoms with Crippen molar-refractivity contribution in [2.75, 3.05) is 26.3 Å². The molecule has 32 heavy (non-hydrogen) atoms. The molecule has 1 aromatic carbocycles. The topological polar surface area (TPSA) is 41.6 Å². The fourth-order valence-corrected chi connectivity index (χ4v) is 4.48. The van der Waals surface area contributed by atoms with E-state index < -0.39 is 23.5 Å². The van der Waals surface area contributed by atoms with Crippen LogP contribution in [0.1, 0.15) is 43.4 Å². The van der Waals surface area contributed by atoms with Gasteiger partial charge in [0.25, 0.3) is 0 Å². The van der Waals surface area contributed by atoms with Crippen LogP contribution in [0, 0.1) is 17.8 Å². The third-order valence-electron chi connectivity index (χ3n) is 6.03. The molecule has 1 saturated carbocycles. The van der Waals surface area contributed by atoms with Gasteiger partial charge < -0.3 is 10.1 Å². The SMILES string of the molecule is CCC.O=C(NCc1cc(C(F)(F)F)cc(C(F)(F)F)c1)C1CCN(C2C3COCC32)C1. The van der Waals surface area contributed by atoms with Crippen molar-refractivity contribution in [1.29, 1.82) is 0 Å². The molecule has 4 rings (SSSR count). The molecule has 10 heteroatoms. The molecular formula is C22H28F6N2O2. The lowest BCUT2D eigenvalue weighted by Crippen LogP contribution is -2.34. The Labute approximate surface area is 183 Å². The summed E-state index contributed by atoms with van der Waals surface area (Å²) in [4.78, 5) is 14.7. The number of rotatable bonds is 4. The number of hydrogen-bond acceptors (Lipinski definition) is 3. The van der Waals surface area contributed by atoms with Crippen LogP contribution in [0.4, 0.5) is 26.3 Å². The Hall–Kier alpha value is -1.81. The molecular weight excluding hydrogens is 438 g/mol. The monoisotopic (exact) mass is 466 g/mol. The highest BCUT2D eigenvalue weighted by molar-refractivity contribution is 5.79. The molecule has 1 amide bonds. The van der Waals surface area contributed by atoms with E-state index in [1.54, 1.807) is 0 Å². The molecule has 1 aliphatic carbocycles. The third kappa shape index (κ3) is 5.75. The predicted octanol–water partition coefficient (Wildman–Crippen LogP) is 4.72. The summed E-state index contributed by atoms with van der Waals surface area (Å²) in [6.45, 7) is 6.65. The van der Waals surface area contributed by atoms with Crippen LogP contribution in [0.25, 0.3) is 0 Å². The maximum absolute atomic E-state index is 12.9. The lowest BCUT2D eigenvalue weighted by molar-refractivity contribution is -0.143. The summed E-state index contributed by atoms with van der Waals surface area (Å²) in [5.41, 5.74) is -3.00. The van der Waals surface area contributed by atoms with Crippen LogP contribution in [0.15, 0.2) is 18.2 Å². The summed E-state index contributed by atoms with van der Waals surface area (Å²) in [7, 11) is 0. The van der Waals surface area contributed by atoms with Gasteiger partial charge in [-0.2, -0.15) is 26.3 Å². The maximum atomic E-state index is 12.9. The average molecular weight is 466 g/mol. The lowest BCUT2D eigenvalue weighted by Gasteiger charge is -2.18. The average Bonchev–Trinajstić information content (AvgIpc) is 3.08. The smallest absolute Gasteiger partial charge is 0.381 e. The number of amides is 1. The highest BCUT2D eigenvalue weighted by atomic mass is 19.4. The van der Waals surface area contributed by atoms with Crippen molar-refractivity contribution in [3.05, 3.63) is 34.9 Å². The van der Waals surface area contributed by atoms with Crippen LogP contribution in [0.3, 0.4) is 0 Å². The van der Waals surface area contributed by atoms with Crippen LogP contribution < -0.4 is 5.32 Å². The van der Waals surface area contributed by atoms with Crippen LogP contribution in [0.5, 0.6) is 0 Å². The van der Waals surface area contributed by atoms with E-state index in [-0.39, 0.29) is 30.0 Å². The van der Waals surface area contributed by atoms with Gasteiger partial charge in [0.2, 0.25) is 5.91 Å². The minimum Gasteiger partial charge on any atom is -0.381 e. The normalized spacial score (nSPS) is 27.5. The number of alkyl halides is 6. The molecule has 4 nitrogen and oxygen atoms in total. The molecule has 2 heterocycles. The van der Waals surface area contributed by atoms with Gasteiger partial charge >= 0.3 is 12.4 Å². The van der Waals surface area contributed by atoms with E-state index in [4.69, 9.17) is 4.74 Å². The molecule has 3 unspecified atom stereocenters. The van der Waals surface area contributed by atoms with Gasteiger partial charge in [-0.25, -0.2) is 0 Å². The van der Waals surface area contributed by atoms with Crippen LogP contribution in [-0.4, -0.2) is 43.2 Å². The zero-order chi connectivity index (χ0) is 23.7. The molecule has 0 bridgehead atoms. The van der Waals surface area contributed by atoms with E-state index in [1.807, 2.05) is 0 Å². The molecule has 1 N–H and O–H groups in total. The molecule has 0 aromatic heterocycles. The van der Waals surface area contributed by atoms with Gasteiger partial charge in [0, 0.05) is 31.0 Å². The number of carbonyl (C=O) groups is 1. The van der Waals surface area contributed by atoms with E-state index in [1.165, 1.54) is 6.42 Å². The Morgan fingerprint density at radius 3 is 2.06 bits per heavy atom. The van der Waals surface area contributed by atoms with Crippen molar-refractivity contribution in [2.45, 2.75) is 51.6 Å². The Balaban J connectivity index is 0.000000913. The second-order valence-electron chi connectivity index (χ2n) is 8.68. The van der Waals surface area contributed by atoms with Crippen molar-refractivity contribution >= 4 is 5.91 Å². The van der Waals surface area contributed by atoms with Gasteiger partial charge in [-0.3, -0.25) is 9.69 Å².